The first-order valence-electron chi connectivity index (χ1n) is 6.80. The summed E-state index contributed by atoms with van der Waals surface area (Å²) in [5.74, 6) is 0. The van der Waals surface area contributed by atoms with Gasteiger partial charge in [0.2, 0.25) is 0 Å². The van der Waals surface area contributed by atoms with Crippen LogP contribution in [-0.4, -0.2) is 0 Å². The van der Waals surface area contributed by atoms with Gasteiger partial charge in [0, 0.05) is 0 Å². The van der Waals surface area contributed by atoms with Crippen LogP contribution < -0.4 is 0 Å². The molecule has 1 rings (SSSR count). The van der Waals surface area contributed by atoms with Gasteiger partial charge in [-0.2, -0.15) is 10.5 Å². The minimum atomic E-state index is 0.0571. The first kappa shape index (κ1) is 16.0. The van der Waals surface area contributed by atoms with Crippen molar-refractivity contribution in [3.05, 3.63) is 41.0 Å². The third kappa shape index (κ3) is 4.56. The van der Waals surface area contributed by atoms with Gasteiger partial charge in [-0.3, -0.25) is 0 Å². The number of nitrogens with zero attached hydrogens (tertiary/aromatic N) is 2. The van der Waals surface area contributed by atoms with Crippen molar-refractivity contribution in [3.63, 3.8) is 0 Å². The predicted octanol–water partition coefficient (Wildman–Crippen LogP) is 4.83. The van der Waals surface area contributed by atoms with E-state index >= 15 is 0 Å². The van der Waals surface area contributed by atoms with Crippen LogP contribution in [0.4, 0.5) is 0 Å². The Morgan fingerprint density at radius 3 is 2.20 bits per heavy atom. The van der Waals surface area contributed by atoms with E-state index in [1.165, 1.54) is 5.56 Å². The fraction of sp³-hybridized carbons (Fsp3) is 0.444. The molecule has 0 bridgehead atoms. The van der Waals surface area contributed by atoms with E-state index in [-0.39, 0.29) is 16.4 Å². The molecule has 1 aromatic carbocycles. The fourth-order valence-electron chi connectivity index (χ4n) is 2.73. The third-order valence-corrected chi connectivity index (χ3v) is 3.19. The SMILES string of the molecule is CC(C)(C)CC(C)(C)c1cccc(C=C(C#N)C#N)c1. The van der Waals surface area contributed by atoms with Gasteiger partial charge in [0.05, 0.1) is 0 Å². The van der Waals surface area contributed by atoms with Gasteiger partial charge >= 0.3 is 0 Å². The molecule has 0 atom stereocenters. The van der Waals surface area contributed by atoms with Crippen molar-refractivity contribution in [3.8, 4) is 12.1 Å². The molecule has 1 aromatic rings. The van der Waals surface area contributed by atoms with E-state index in [2.05, 4.69) is 46.8 Å². The summed E-state index contributed by atoms with van der Waals surface area (Å²) in [4.78, 5) is 0. The molecule has 0 aromatic heterocycles. The monoisotopic (exact) mass is 266 g/mol. The minimum absolute atomic E-state index is 0.0571. The van der Waals surface area contributed by atoms with Crippen molar-refractivity contribution in [2.24, 2.45) is 5.41 Å². The Kier molecular flexibility index (Phi) is 4.74. The summed E-state index contributed by atoms with van der Waals surface area (Å²) in [5, 5.41) is 17.7. The molecule has 0 aliphatic rings. The average Bonchev–Trinajstić information content (AvgIpc) is 2.33. The van der Waals surface area contributed by atoms with Crippen LogP contribution >= 0.6 is 0 Å². The van der Waals surface area contributed by atoms with E-state index in [1.54, 1.807) is 6.08 Å². The number of hydrogen-bond donors (Lipinski definition) is 0. The number of allylic oxidation sites excluding steroid dienone is 1. The largest absolute Gasteiger partial charge is 0.192 e. The summed E-state index contributed by atoms with van der Waals surface area (Å²) < 4.78 is 0. The number of benzene rings is 1. The zero-order chi connectivity index (χ0) is 15.4. The molecule has 0 unspecified atom stereocenters. The lowest BCUT2D eigenvalue weighted by Crippen LogP contribution is -2.24. The maximum atomic E-state index is 8.83. The van der Waals surface area contributed by atoms with Crippen LogP contribution in [0.25, 0.3) is 6.08 Å². The quantitative estimate of drug-likeness (QED) is 0.735. The van der Waals surface area contributed by atoms with E-state index in [1.807, 2.05) is 24.3 Å². The van der Waals surface area contributed by atoms with E-state index < -0.39 is 0 Å². The lowest BCUT2D eigenvalue weighted by atomic mass is 9.72. The molecular weight excluding hydrogens is 244 g/mol. The maximum absolute atomic E-state index is 8.83. The highest BCUT2D eigenvalue weighted by Gasteiger charge is 2.27. The Morgan fingerprint density at radius 1 is 1.10 bits per heavy atom. The summed E-state index contributed by atoms with van der Waals surface area (Å²) in [6.45, 7) is 11.2. The number of rotatable bonds is 3. The predicted molar refractivity (Wildman–Crippen MR) is 82.7 cm³/mol. The van der Waals surface area contributed by atoms with Crippen molar-refractivity contribution >= 4 is 6.08 Å². The normalized spacial score (nSPS) is 11.3. The second-order valence-electron chi connectivity index (χ2n) is 7.03. The summed E-state index contributed by atoms with van der Waals surface area (Å²) in [6.07, 6.45) is 2.70. The zero-order valence-corrected chi connectivity index (χ0v) is 13.0. The first-order valence-corrected chi connectivity index (χ1v) is 6.80. The van der Waals surface area contributed by atoms with Crippen LogP contribution in [0.1, 0.15) is 52.2 Å². The molecule has 104 valence electrons. The molecule has 0 aliphatic carbocycles. The Labute approximate surface area is 122 Å². The van der Waals surface area contributed by atoms with Crippen molar-refractivity contribution in [2.45, 2.75) is 46.5 Å². The second-order valence-corrected chi connectivity index (χ2v) is 7.03. The highest BCUT2D eigenvalue weighted by atomic mass is 14.3. The zero-order valence-electron chi connectivity index (χ0n) is 13.0. The topological polar surface area (TPSA) is 47.6 Å². The van der Waals surface area contributed by atoms with Gasteiger partial charge in [0.25, 0.3) is 0 Å². The van der Waals surface area contributed by atoms with Crippen LogP contribution in [0.3, 0.4) is 0 Å². The first-order chi connectivity index (χ1) is 9.18. The van der Waals surface area contributed by atoms with E-state index in [0.717, 1.165) is 12.0 Å². The van der Waals surface area contributed by atoms with Crippen LogP contribution in [0, 0.1) is 28.1 Å². The molecule has 0 N–H and O–H groups in total. The molecule has 0 fully saturated rings. The standard InChI is InChI=1S/C18H22N2/c1-17(2,3)13-18(4,5)16-8-6-7-14(10-16)9-15(11-19)12-20/h6-10H,13H2,1-5H3. The molecule has 0 saturated carbocycles. The molecule has 0 radical (unpaired) electrons. The molecule has 0 heterocycles. The van der Waals surface area contributed by atoms with Crippen LogP contribution in [0.5, 0.6) is 0 Å². The van der Waals surface area contributed by atoms with E-state index in [0.29, 0.717) is 0 Å². The van der Waals surface area contributed by atoms with Gasteiger partial charge in [-0.05, 0) is 34.5 Å². The molecule has 0 saturated heterocycles. The summed E-state index contributed by atoms with van der Waals surface area (Å²) in [6, 6.07) is 11.9. The molecule has 20 heavy (non-hydrogen) atoms. The Balaban J connectivity index is 3.15. The summed E-state index contributed by atoms with van der Waals surface area (Å²) in [7, 11) is 0. The fourth-order valence-corrected chi connectivity index (χ4v) is 2.73. The van der Waals surface area contributed by atoms with Crippen LogP contribution in [-0.2, 0) is 5.41 Å². The van der Waals surface area contributed by atoms with Crippen molar-refractivity contribution in [2.75, 3.05) is 0 Å². The minimum Gasteiger partial charge on any atom is -0.192 e. The second kappa shape index (κ2) is 5.93. The number of nitriles is 2. The Hall–Kier alpha value is -2.06. The van der Waals surface area contributed by atoms with Crippen LogP contribution in [0.2, 0.25) is 0 Å². The highest BCUT2D eigenvalue weighted by Crippen LogP contribution is 2.36. The Bertz CT molecular complexity index is 571. The lowest BCUT2D eigenvalue weighted by molar-refractivity contribution is 0.284. The molecule has 0 spiro atoms. The van der Waals surface area contributed by atoms with Gasteiger partial charge in [0.15, 0.2) is 0 Å². The molecule has 0 amide bonds. The molecular formula is C18H22N2. The smallest absolute Gasteiger partial charge is 0.130 e. The van der Waals surface area contributed by atoms with Crippen molar-refractivity contribution in [1.82, 2.24) is 0 Å². The summed E-state index contributed by atoms with van der Waals surface area (Å²) >= 11 is 0. The molecule has 0 aliphatic heterocycles. The van der Waals surface area contributed by atoms with Gasteiger partial charge in [-0.15, -0.1) is 0 Å². The maximum Gasteiger partial charge on any atom is 0.130 e. The van der Waals surface area contributed by atoms with Gasteiger partial charge < -0.3 is 0 Å². The van der Waals surface area contributed by atoms with Crippen molar-refractivity contribution in [1.29, 1.82) is 10.5 Å². The molecule has 2 heteroatoms. The van der Waals surface area contributed by atoms with E-state index in [9.17, 15) is 0 Å². The van der Waals surface area contributed by atoms with Crippen molar-refractivity contribution < 1.29 is 0 Å². The van der Waals surface area contributed by atoms with Gasteiger partial charge in [0.1, 0.15) is 17.7 Å². The molecule has 2 nitrogen and oxygen atoms in total. The third-order valence-electron chi connectivity index (χ3n) is 3.19. The summed E-state index contributed by atoms with van der Waals surface area (Å²) in [5.41, 5.74) is 2.58. The number of hydrogen-bond acceptors (Lipinski definition) is 2. The lowest BCUT2D eigenvalue weighted by Gasteiger charge is -2.33. The highest BCUT2D eigenvalue weighted by molar-refractivity contribution is 5.62. The average molecular weight is 266 g/mol. The Morgan fingerprint density at radius 2 is 1.70 bits per heavy atom. The van der Waals surface area contributed by atoms with E-state index in [4.69, 9.17) is 10.5 Å². The van der Waals surface area contributed by atoms with Gasteiger partial charge in [-0.1, -0.05) is 58.9 Å². The van der Waals surface area contributed by atoms with Gasteiger partial charge in [-0.25, -0.2) is 0 Å². The van der Waals surface area contributed by atoms with Crippen LogP contribution in [0.15, 0.2) is 29.8 Å².